The highest BCUT2D eigenvalue weighted by molar-refractivity contribution is 7.99. The summed E-state index contributed by atoms with van der Waals surface area (Å²) in [5, 5.41) is 9.03. The van der Waals surface area contributed by atoms with Gasteiger partial charge < -0.3 is 4.90 Å². The highest BCUT2D eigenvalue weighted by Gasteiger charge is 2.25. The van der Waals surface area contributed by atoms with Crippen molar-refractivity contribution in [2.24, 2.45) is 11.8 Å². The number of thioether (sulfide) groups is 1. The fourth-order valence-corrected chi connectivity index (χ4v) is 4.38. The van der Waals surface area contributed by atoms with Gasteiger partial charge in [-0.25, -0.2) is 0 Å². The number of aryl methyl sites for hydroxylation is 2. The second-order valence-electron chi connectivity index (χ2n) is 7.31. The molecule has 1 fully saturated rings. The molecule has 1 amide bonds. The predicted molar refractivity (Wildman–Crippen MR) is 101 cm³/mol. The molecule has 3 rings (SSSR count). The number of hydrogen-bond donors (Lipinski definition) is 0. The molecule has 1 saturated heterocycles. The second-order valence-corrected chi connectivity index (χ2v) is 8.25. The first kappa shape index (κ1) is 18.0. The largest absolute Gasteiger partial charge is 0.341 e. The van der Waals surface area contributed by atoms with E-state index in [0.717, 1.165) is 29.5 Å². The van der Waals surface area contributed by atoms with Crippen molar-refractivity contribution >= 4 is 17.7 Å². The molecular formula is C19H26N4OS. The van der Waals surface area contributed by atoms with Gasteiger partial charge in [-0.2, -0.15) is 0 Å². The minimum atomic E-state index is 0.193. The van der Waals surface area contributed by atoms with Crippen LogP contribution in [0.5, 0.6) is 0 Å². The average Bonchev–Trinajstić information content (AvgIpc) is 3.02. The Hall–Kier alpha value is -1.82. The predicted octanol–water partition coefficient (Wildman–Crippen LogP) is 3.48. The third-order valence-corrected chi connectivity index (χ3v) is 5.61. The minimum absolute atomic E-state index is 0.193. The van der Waals surface area contributed by atoms with Crippen molar-refractivity contribution in [1.82, 2.24) is 19.7 Å². The molecule has 1 aliphatic rings. The standard InChI is InChI=1S/C19H26N4OS/c1-13-5-6-16(4)17(8-13)23-12-20-21-19(23)25-11-18(24)22-9-14(2)7-15(3)10-22/h5-6,8,12,14-15H,7,9-11H2,1-4H3/t14-,15-/m1/s1. The molecule has 1 aromatic heterocycles. The molecule has 0 saturated carbocycles. The topological polar surface area (TPSA) is 51.0 Å². The molecular weight excluding hydrogens is 332 g/mol. The summed E-state index contributed by atoms with van der Waals surface area (Å²) in [6.07, 6.45) is 2.93. The first-order valence-corrected chi connectivity index (χ1v) is 9.81. The van der Waals surface area contributed by atoms with Crippen molar-refractivity contribution in [2.75, 3.05) is 18.8 Å². The summed E-state index contributed by atoms with van der Waals surface area (Å²) in [5.74, 6) is 1.76. The van der Waals surface area contributed by atoms with Crippen LogP contribution in [0.25, 0.3) is 5.69 Å². The van der Waals surface area contributed by atoms with E-state index in [1.165, 1.54) is 23.7 Å². The van der Waals surface area contributed by atoms with Gasteiger partial charge in [0.15, 0.2) is 5.16 Å². The molecule has 0 aliphatic carbocycles. The maximum Gasteiger partial charge on any atom is 0.233 e. The van der Waals surface area contributed by atoms with Crippen molar-refractivity contribution in [2.45, 2.75) is 39.3 Å². The SMILES string of the molecule is Cc1ccc(C)c(-n2cnnc2SCC(=O)N2C[C@H](C)C[C@@H](C)C2)c1. The zero-order valence-corrected chi connectivity index (χ0v) is 16.2. The van der Waals surface area contributed by atoms with Crippen molar-refractivity contribution in [3.63, 3.8) is 0 Å². The van der Waals surface area contributed by atoms with E-state index < -0.39 is 0 Å². The zero-order valence-electron chi connectivity index (χ0n) is 15.4. The van der Waals surface area contributed by atoms with Crippen LogP contribution in [0, 0.1) is 25.7 Å². The Kier molecular flexibility index (Phi) is 5.47. The van der Waals surface area contributed by atoms with Gasteiger partial charge in [0.2, 0.25) is 5.91 Å². The number of piperidine rings is 1. The number of rotatable bonds is 4. The van der Waals surface area contributed by atoms with E-state index in [9.17, 15) is 4.79 Å². The van der Waals surface area contributed by atoms with Gasteiger partial charge >= 0.3 is 0 Å². The summed E-state index contributed by atoms with van der Waals surface area (Å²) >= 11 is 1.47. The summed E-state index contributed by atoms with van der Waals surface area (Å²) in [6, 6.07) is 6.32. The molecule has 2 atom stereocenters. The van der Waals surface area contributed by atoms with Gasteiger partial charge in [-0.3, -0.25) is 9.36 Å². The minimum Gasteiger partial charge on any atom is -0.341 e. The number of carbonyl (C=O) groups is 1. The number of nitrogens with zero attached hydrogens (tertiary/aromatic N) is 4. The van der Waals surface area contributed by atoms with Crippen LogP contribution in [0.15, 0.2) is 29.7 Å². The molecule has 0 unspecified atom stereocenters. The van der Waals surface area contributed by atoms with E-state index in [1.807, 2.05) is 9.47 Å². The fraction of sp³-hybridized carbons (Fsp3) is 0.526. The molecule has 5 nitrogen and oxygen atoms in total. The summed E-state index contributed by atoms with van der Waals surface area (Å²) in [5.41, 5.74) is 3.43. The van der Waals surface area contributed by atoms with Gasteiger partial charge in [0.25, 0.3) is 0 Å². The number of carbonyl (C=O) groups excluding carboxylic acids is 1. The number of hydrogen-bond acceptors (Lipinski definition) is 4. The Balaban J connectivity index is 1.70. The third kappa shape index (κ3) is 4.24. The Labute approximate surface area is 153 Å². The van der Waals surface area contributed by atoms with E-state index in [-0.39, 0.29) is 5.91 Å². The van der Waals surface area contributed by atoms with Crippen LogP contribution in [0.3, 0.4) is 0 Å². The Morgan fingerprint density at radius 2 is 1.96 bits per heavy atom. The van der Waals surface area contributed by atoms with Crippen molar-refractivity contribution in [3.8, 4) is 5.69 Å². The summed E-state index contributed by atoms with van der Waals surface area (Å²) in [7, 11) is 0. The summed E-state index contributed by atoms with van der Waals surface area (Å²) in [4.78, 5) is 14.6. The first-order valence-electron chi connectivity index (χ1n) is 8.82. The fourth-order valence-electron chi connectivity index (χ4n) is 3.55. The number of amides is 1. The molecule has 25 heavy (non-hydrogen) atoms. The maximum absolute atomic E-state index is 12.6. The zero-order chi connectivity index (χ0) is 18.0. The van der Waals surface area contributed by atoms with Crippen LogP contribution in [0.4, 0.5) is 0 Å². The average molecular weight is 359 g/mol. The lowest BCUT2D eigenvalue weighted by Crippen LogP contribution is -2.43. The van der Waals surface area contributed by atoms with Crippen LogP contribution < -0.4 is 0 Å². The molecule has 1 aliphatic heterocycles. The number of aromatic nitrogens is 3. The normalized spacial score (nSPS) is 20.7. The number of benzene rings is 1. The van der Waals surface area contributed by atoms with Gasteiger partial charge in [0.05, 0.1) is 11.4 Å². The van der Waals surface area contributed by atoms with E-state index in [0.29, 0.717) is 17.6 Å². The van der Waals surface area contributed by atoms with Gasteiger partial charge in [0.1, 0.15) is 6.33 Å². The lowest BCUT2D eigenvalue weighted by Gasteiger charge is -2.34. The quantitative estimate of drug-likeness (QED) is 0.785. The van der Waals surface area contributed by atoms with E-state index >= 15 is 0 Å². The maximum atomic E-state index is 12.6. The van der Waals surface area contributed by atoms with Crippen molar-refractivity contribution in [3.05, 3.63) is 35.7 Å². The molecule has 2 heterocycles. The molecule has 2 aromatic rings. The van der Waals surface area contributed by atoms with Crippen LogP contribution in [0.1, 0.15) is 31.4 Å². The Morgan fingerprint density at radius 1 is 1.24 bits per heavy atom. The lowest BCUT2D eigenvalue weighted by atomic mass is 9.92. The first-order chi connectivity index (χ1) is 11.9. The molecule has 1 aromatic carbocycles. The monoisotopic (exact) mass is 358 g/mol. The molecule has 6 heteroatoms. The molecule has 0 bridgehead atoms. The van der Waals surface area contributed by atoms with Crippen LogP contribution in [-0.4, -0.2) is 44.4 Å². The molecule has 0 N–H and O–H groups in total. The van der Waals surface area contributed by atoms with Gasteiger partial charge in [0, 0.05) is 13.1 Å². The van der Waals surface area contributed by atoms with E-state index in [2.05, 4.69) is 56.1 Å². The van der Waals surface area contributed by atoms with Gasteiger partial charge in [-0.1, -0.05) is 37.7 Å². The van der Waals surface area contributed by atoms with E-state index in [4.69, 9.17) is 0 Å². The van der Waals surface area contributed by atoms with Crippen LogP contribution in [0.2, 0.25) is 0 Å². The van der Waals surface area contributed by atoms with Crippen molar-refractivity contribution in [1.29, 1.82) is 0 Å². The number of likely N-dealkylation sites (tertiary alicyclic amines) is 1. The van der Waals surface area contributed by atoms with Crippen LogP contribution >= 0.6 is 11.8 Å². The highest BCUT2D eigenvalue weighted by atomic mass is 32.2. The lowest BCUT2D eigenvalue weighted by molar-refractivity contribution is -0.130. The molecule has 134 valence electrons. The highest BCUT2D eigenvalue weighted by Crippen LogP contribution is 2.25. The Bertz CT molecular complexity index is 748. The summed E-state index contributed by atoms with van der Waals surface area (Å²) in [6.45, 7) is 10.3. The smallest absolute Gasteiger partial charge is 0.233 e. The third-order valence-electron chi connectivity index (χ3n) is 4.69. The van der Waals surface area contributed by atoms with Gasteiger partial charge in [-0.05, 0) is 49.3 Å². The van der Waals surface area contributed by atoms with E-state index in [1.54, 1.807) is 6.33 Å². The second kappa shape index (κ2) is 7.60. The summed E-state index contributed by atoms with van der Waals surface area (Å²) < 4.78 is 1.97. The van der Waals surface area contributed by atoms with Crippen molar-refractivity contribution < 1.29 is 4.79 Å². The molecule has 0 radical (unpaired) electrons. The molecule has 0 spiro atoms. The Morgan fingerprint density at radius 3 is 2.68 bits per heavy atom. The van der Waals surface area contributed by atoms with Gasteiger partial charge in [-0.15, -0.1) is 10.2 Å². The van der Waals surface area contributed by atoms with Crippen LogP contribution in [-0.2, 0) is 4.79 Å².